The molecule has 2 heterocycles. The fraction of sp³-hybridized carbons (Fsp3) is 0.312. The molecule has 0 fully saturated rings. The van der Waals surface area contributed by atoms with Crippen LogP contribution in [0.1, 0.15) is 25.3 Å². The number of nitrogens with zero attached hydrogens (tertiary/aromatic N) is 3. The number of nitrogens with two attached hydrogens (primary N) is 1. The van der Waals surface area contributed by atoms with E-state index in [4.69, 9.17) is 5.73 Å². The summed E-state index contributed by atoms with van der Waals surface area (Å²) in [5, 5.41) is 3.15. The van der Waals surface area contributed by atoms with E-state index in [-0.39, 0.29) is 11.5 Å². The van der Waals surface area contributed by atoms with Gasteiger partial charge in [-0.25, -0.2) is 4.79 Å². The minimum Gasteiger partial charge on any atom is -0.382 e. The van der Waals surface area contributed by atoms with Crippen molar-refractivity contribution in [3.05, 3.63) is 46.4 Å². The third-order valence-corrected chi connectivity index (χ3v) is 3.65. The number of benzene rings is 1. The van der Waals surface area contributed by atoms with E-state index in [9.17, 15) is 4.79 Å². The fourth-order valence-corrected chi connectivity index (χ4v) is 2.42. The van der Waals surface area contributed by atoms with Crippen LogP contribution in [-0.2, 0) is 6.54 Å². The van der Waals surface area contributed by atoms with Gasteiger partial charge in [-0.3, -0.25) is 4.57 Å². The predicted octanol–water partition coefficient (Wildman–Crippen LogP) is 1.96. The summed E-state index contributed by atoms with van der Waals surface area (Å²) in [6.07, 6.45) is 2.10. The van der Waals surface area contributed by atoms with Crippen LogP contribution in [0, 0.1) is 0 Å². The average Bonchev–Trinajstić information content (AvgIpc) is 2.86. The van der Waals surface area contributed by atoms with Gasteiger partial charge in [0.1, 0.15) is 5.52 Å². The molecule has 0 aliphatic rings. The lowest BCUT2D eigenvalue weighted by molar-refractivity contribution is 0.776. The zero-order chi connectivity index (χ0) is 16.2. The van der Waals surface area contributed by atoms with Crippen molar-refractivity contribution in [1.82, 2.24) is 19.5 Å². The number of aromatic nitrogens is 4. The molecule has 7 nitrogen and oxygen atoms in total. The monoisotopic (exact) mass is 312 g/mol. The molecule has 0 atom stereocenters. The molecule has 3 rings (SSSR count). The van der Waals surface area contributed by atoms with Crippen molar-refractivity contribution in [1.29, 1.82) is 0 Å². The Labute approximate surface area is 133 Å². The molecule has 0 saturated heterocycles. The van der Waals surface area contributed by atoms with E-state index in [0.29, 0.717) is 23.7 Å². The van der Waals surface area contributed by atoms with Gasteiger partial charge in [0.05, 0.1) is 6.54 Å². The highest BCUT2D eigenvalue weighted by atomic mass is 16.1. The largest absolute Gasteiger partial charge is 0.382 e. The first-order valence-electron chi connectivity index (χ1n) is 7.73. The second kappa shape index (κ2) is 6.51. The minimum absolute atomic E-state index is 0.240. The Hall–Kier alpha value is -2.83. The van der Waals surface area contributed by atoms with Gasteiger partial charge in [-0.1, -0.05) is 43.7 Å². The summed E-state index contributed by atoms with van der Waals surface area (Å²) >= 11 is 0. The third-order valence-electron chi connectivity index (χ3n) is 3.65. The first-order valence-corrected chi connectivity index (χ1v) is 7.73. The molecule has 1 aromatic carbocycles. The van der Waals surface area contributed by atoms with Crippen LogP contribution in [0.25, 0.3) is 11.2 Å². The van der Waals surface area contributed by atoms with E-state index >= 15 is 0 Å². The summed E-state index contributed by atoms with van der Waals surface area (Å²) in [4.78, 5) is 23.6. The molecule has 7 heteroatoms. The summed E-state index contributed by atoms with van der Waals surface area (Å²) < 4.78 is 1.58. The van der Waals surface area contributed by atoms with Crippen molar-refractivity contribution in [3.8, 4) is 0 Å². The molecular formula is C16H20N6O. The van der Waals surface area contributed by atoms with E-state index < -0.39 is 0 Å². The van der Waals surface area contributed by atoms with E-state index in [0.717, 1.165) is 24.9 Å². The summed E-state index contributed by atoms with van der Waals surface area (Å²) in [6, 6.07) is 9.76. The fourth-order valence-electron chi connectivity index (χ4n) is 2.42. The van der Waals surface area contributed by atoms with Crippen LogP contribution in [0.3, 0.4) is 0 Å². The number of hydrogen-bond donors (Lipinski definition) is 3. The van der Waals surface area contributed by atoms with Gasteiger partial charge in [0, 0.05) is 6.54 Å². The van der Waals surface area contributed by atoms with Gasteiger partial charge in [0.15, 0.2) is 11.5 Å². The summed E-state index contributed by atoms with van der Waals surface area (Å²) in [6.45, 7) is 3.32. The molecule has 0 unspecified atom stereocenters. The number of aromatic amines is 1. The number of imidazole rings is 1. The molecule has 0 bridgehead atoms. The molecule has 0 aliphatic heterocycles. The summed E-state index contributed by atoms with van der Waals surface area (Å²) in [7, 11) is 0. The smallest absolute Gasteiger partial charge is 0.328 e. The van der Waals surface area contributed by atoms with E-state index in [1.807, 2.05) is 30.3 Å². The molecule has 3 aromatic rings. The van der Waals surface area contributed by atoms with Crippen LogP contribution in [0.15, 0.2) is 35.1 Å². The van der Waals surface area contributed by atoms with Crippen LogP contribution in [0.2, 0.25) is 0 Å². The van der Waals surface area contributed by atoms with Gasteiger partial charge in [-0.05, 0) is 12.0 Å². The normalized spacial score (nSPS) is 11.0. The number of anilines is 2. The lowest BCUT2D eigenvalue weighted by atomic mass is 10.2. The SMILES string of the molecule is CCCCNc1nc(N)c2[nH]c(=O)n(Cc3ccccc3)c2n1. The quantitative estimate of drug-likeness (QED) is 0.604. The summed E-state index contributed by atoms with van der Waals surface area (Å²) in [5.74, 6) is 0.724. The van der Waals surface area contributed by atoms with Gasteiger partial charge in [-0.2, -0.15) is 9.97 Å². The topological polar surface area (TPSA) is 102 Å². The Kier molecular flexibility index (Phi) is 4.27. The Morgan fingerprint density at radius 2 is 2.04 bits per heavy atom. The molecular weight excluding hydrogens is 292 g/mol. The molecule has 0 aliphatic carbocycles. The number of nitrogens with one attached hydrogen (secondary N) is 2. The lowest BCUT2D eigenvalue weighted by Crippen LogP contribution is -2.18. The summed E-state index contributed by atoms with van der Waals surface area (Å²) in [5.41, 5.74) is 7.74. The first kappa shape index (κ1) is 15.1. The van der Waals surface area contributed by atoms with Gasteiger partial charge < -0.3 is 16.0 Å². The van der Waals surface area contributed by atoms with Crippen molar-refractivity contribution in [2.45, 2.75) is 26.3 Å². The zero-order valence-electron chi connectivity index (χ0n) is 13.0. The molecule has 0 amide bonds. The van der Waals surface area contributed by atoms with Gasteiger partial charge in [-0.15, -0.1) is 0 Å². The molecule has 23 heavy (non-hydrogen) atoms. The Bertz CT molecular complexity index is 852. The standard InChI is InChI=1S/C16H20N6O/c1-2-3-9-18-15-20-13(17)12-14(21-15)22(16(23)19-12)10-11-7-5-4-6-8-11/h4-8H,2-3,9-10H2,1H3,(H,19,23)(H3,17,18,20,21). The van der Waals surface area contributed by atoms with Crippen LogP contribution in [-0.4, -0.2) is 26.1 Å². The van der Waals surface area contributed by atoms with Crippen molar-refractivity contribution in [3.63, 3.8) is 0 Å². The van der Waals surface area contributed by atoms with Gasteiger partial charge in [0.25, 0.3) is 0 Å². The Morgan fingerprint density at radius 3 is 2.78 bits per heavy atom. The van der Waals surface area contributed by atoms with Crippen LogP contribution in [0.5, 0.6) is 0 Å². The van der Waals surface area contributed by atoms with E-state index in [1.54, 1.807) is 4.57 Å². The van der Waals surface area contributed by atoms with Crippen molar-refractivity contribution >= 4 is 22.9 Å². The zero-order valence-corrected chi connectivity index (χ0v) is 13.0. The van der Waals surface area contributed by atoms with Crippen molar-refractivity contribution in [2.24, 2.45) is 0 Å². The second-order valence-electron chi connectivity index (χ2n) is 5.41. The lowest BCUT2D eigenvalue weighted by Gasteiger charge is -2.07. The number of unbranched alkanes of at least 4 members (excludes halogenated alkanes) is 1. The number of rotatable bonds is 6. The van der Waals surface area contributed by atoms with Gasteiger partial charge >= 0.3 is 5.69 Å². The number of nitrogen functional groups attached to an aromatic ring is 1. The second-order valence-corrected chi connectivity index (χ2v) is 5.41. The highest BCUT2D eigenvalue weighted by Gasteiger charge is 2.13. The van der Waals surface area contributed by atoms with E-state index in [1.165, 1.54) is 0 Å². The van der Waals surface area contributed by atoms with Crippen molar-refractivity contribution in [2.75, 3.05) is 17.6 Å². The number of fused-ring (bicyclic) bond motifs is 1. The maximum Gasteiger partial charge on any atom is 0.328 e. The maximum atomic E-state index is 12.2. The van der Waals surface area contributed by atoms with E-state index in [2.05, 4.69) is 27.2 Å². The van der Waals surface area contributed by atoms with Gasteiger partial charge in [0.2, 0.25) is 5.95 Å². The molecule has 0 radical (unpaired) electrons. The van der Waals surface area contributed by atoms with Crippen LogP contribution < -0.4 is 16.7 Å². The van der Waals surface area contributed by atoms with Crippen LogP contribution >= 0.6 is 0 Å². The average molecular weight is 312 g/mol. The Balaban J connectivity index is 2.00. The maximum absolute atomic E-state index is 12.2. The highest BCUT2D eigenvalue weighted by molar-refractivity contribution is 5.82. The molecule has 4 N–H and O–H groups in total. The first-order chi connectivity index (χ1) is 11.2. The van der Waals surface area contributed by atoms with Crippen LogP contribution in [0.4, 0.5) is 11.8 Å². The highest BCUT2D eigenvalue weighted by Crippen LogP contribution is 2.17. The Morgan fingerprint density at radius 1 is 1.26 bits per heavy atom. The molecule has 0 saturated carbocycles. The number of hydrogen-bond acceptors (Lipinski definition) is 5. The number of H-pyrrole nitrogens is 1. The predicted molar refractivity (Wildman–Crippen MR) is 91.5 cm³/mol. The molecule has 0 spiro atoms. The van der Waals surface area contributed by atoms with Crippen molar-refractivity contribution < 1.29 is 0 Å². The third kappa shape index (κ3) is 3.18. The molecule has 120 valence electrons. The molecule has 2 aromatic heterocycles. The minimum atomic E-state index is -0.240.